The molecule has 4 aliphatic carbocycles. The van der Waals surface area contributed by atoms with Crippen LogP contribution in [0.5, 0.6) is 11.5 Å². The van der Waals surface area contributed by atoms with Gasteiger partial charge in [-0.15, -0.1) is 0 Å². The molecule has 0 unspecified atom stereocenters. The van der Waals surface area contributed by atoms with Gasteiger partial charge in [-0.2, -0.15) is 0 Å². The van der Waals surface area contributed by atoms with E-state index in [1.54, 1.807) is 0 Å². The number of para-hydroxylation sites is 3. The zero-order valence-corrected chi connectivity index (χ0v) is 43.4. The Bertz CT molecular complexity index is 4010. The minimum atomic E-state index is -0.646. The molecule has 16 rings (SSSR count). The van der Waals surface area contributed by atoms with E-state index >= 15 is 0 Å². The van der Waals surface area contributed by atoms with Crippen molar-refractivity contribution in [3.05, 3.63) is 280 Å². The smallest absolute Gasteiger partial charge is 0.159 e. The van der Waals surface area contributed by atoms with Crippen LogP contribution in [0.1, 0.15) is 132 Å². The van der Waals surface area contributed by atoms with Gasteiger partial charge in [0.1, 0.15) is 17.1 Å². The Morgan fingerprint density at radius 1 is 0.351 bits per heavy atom. The molecule has 1 aromatic heterocycles. The van der Waals surface area contributed by atoms with Crippen LogP contribution < -0.4 is 9.64 Å². The molecule has 0 amide bonds. The van der Waals surface area contributed by atoms with Crippen molar-refractivity contribution in [2.75, 3.05) is 4.90 Å². The third-order valence-corrected chi connectivity index (χ3v) is 18.8. The lowest BCUT2D eigenvalue weighted by Gasteiger charge is -2.41. The second-order valence-corrected chi connectivity index (χ2v) is 22.7. The van der Waals surface area contributed by atoms with Crippen LogP contribution in [0.15, 0.2) is 229 Å². The minimum Gasteiger partial charge on any atom is -0.457 e. The molecular weight excluding hydrogens is 935 g/mol. The van der Waals surface area contributed by atoms with Gasteiger partial charge in [0.05, 0.1) is 16.5 Å². The highest BCUT2D eigenvalue weighted by atomic mass is 16.5. The van der Waals surface area contributed by atoms with Crippen LogP contribution in [-0.2, 0) is 10.8 Å². The number of furan rings is 1. The number of fused-ring (bicyclic) bond motifs is 15. The molecule has 0 N–H and O–H groups in total. The number of hydrogen-bond acceptors (Lipinski definition) is 3. The predicted octanol–water partition coefficient (Wildman–Crippen LogP) is 20.0. The quantitative estimate of drug-likeness (QED) is 0.159. The fourth-order valence-electron chi connectivity index (χ4n) is 15.4. The average molecular weight is 994 g/mol. The largest absolute Gasteiger partial charge is 0.457 e. The summed E-state index contributed by atoms with van der Waals surface area (Å²) in [6.07, 6.45) is 12.8. The SMILES string of the molecule is c1ccc(C2(c3ccccc3)c3ccccc3-c3ccc(N(c4ccc5c(c4)C4(c6ccccc6O5)c5cc(C6CCCCC6)ccc5-c5ccc(C6CCCCC6)cc54)c4cccc5c4oc4ccccc45)cc32)cc1. The number of benzene rings is 10. The first-order valence-electron chi connectivity index (χ1n) is 28.4. The molecule has 0 radical (unpaired) electrons. The Hall–Kier alpha value is -8.40. The average Bonchev–Trinajstić information content (AvgIpc) is 4.32. The Kier molecular flexibility index (Phi) is 10.2. The van der Waals surface area contributed by atoms with Crippen molar-refractivity contribution in [2.24, 2.45) is 0 Å². The third-order valence-electron chi connectivity index (χ3n) is 18.8. The van der Waals surface area contributed by atoms with Crippen molar-refractivity contribution in [3.8, 4) is 33.8 Å². The van der Waals surface area contributed by atoms with Gasteiger partial charge in [0.25, 0.3) is 0 Å². The molecule has 77 heavy (non-hydrogen) atoms. The topological polar surface area (TPSA) is 25.6 Å². The zero-order chi connectivity index (χ0) is 50.7. The lowest BCUT2D eigenvalue weighted by molar-refractivity contribution is 0.433. The molecule has 11 aromatic rings. The minimum absolute atomic E-state index is 0.554. The van der Waals surface area contributed by atoms with Crippen LogP contribution in [-0.4, -0.2) is 0 Å². The van der Waals surface area contributed by atoms with E-state index in [9.17, 15) is 0 Å². The second-order valence-electron chi connectivity index (χ2n) is 22.7. The summed E-state index contributed by atoms with van der Waals surface area (Å²) in [6, 6.07) is 84.9. The molecule has 2 heterocycles. The number of nitrogens with zero attached hydrogens (tertiary/aromatic N) is 1. The molecule has 3 nitrogen and oxygen atoms in total. The summed E-state index contributed by atoms with van der Waals surface area (Å²) in [5.41, 5.74) is 21.9. The van der Waals surface area contributed by atoms with Gasteiger partial charge in [-0.05, 0) is 153 Å². The highest BCUT2D eigenvalue weighted by molar-refractivity contribution is 6.10. The molecule has 0 saturated heterocycles. The van der Waals surface area contributed by atoms with Crippen LogP contribution in [0.25, 0.3) is 44.2 Å². The van der Waals surface area contributed by atoms with E-state index in [4.69, 9.17) is 9.15 Å². The van der Waals surface area contributed by atoms with E-state index < -0.39 is 10.8 Å². The van der Waals surface area contributed by atoms with Gasteiger partial charge < -0.3 is 14.1 Å². The first kappa shape index (κ1) is 44.9. The molecule has 2 saturated carbocycles. The maximum Gasteiger partial charge on any atom is 0.159 e. The van der Waals surface area contributed by atoms with Crippen molar-refractivity contribution in [1.82, 2.24) is 0 Å². The van der Waals surface area contributed by atoms with Crippen molar-refractivity contribution in [2.45, 2.75) is 86.9 Å². The standard InChI is InChI=1S/C74H59NO2/c1-5-20-48(21-6-1)50-36-40-57-58-41-37-51(49-22-7-2-8-23-49)45-65(58)74(64(57)44-50)63-32-16-18-35-70(63)76-71-43-39-55(47-67(71)74)75(68-33-19-30-61-60-29-14-17-34-69(60)77-72(61)68)54-38-42-59-56-28-13-15-31-62(56)73(66(59)46-54,52-24-9-3-10-25-52)53-26-11-4-12-27-53/h3-4,9-19,24-49H,1-2,5-8,20-23H2. The van der Waals surface area contributed by atoms with E-state index in [1.165, 1.54) is 142 Å². The second kappa shape index (κ2) is 17.6. The Morgan fingerprint density at radius 3 is 1.53 bits per heavy atom. The molecule has 0 bridgehead atoms. The van der Waals surface area contributed by atoms with Crippen LogP contribution in [0.4, 0.5) is 17.1 Å². The monoisotopic (exact) mass is 993 g/mol. The van der Waals surface area contributed by atoms with Gasteiger partial charge in [-0.25, -0.2) is 0 Å². The summed E-state index contributed by atoms with van der Waals surface area (Å²) >= 11 is 0. The molecule has 10 aromatic carbocycles. The van der Waals surface area contributed by atoms with Crippen LogP contribution >= 0.6 is 0 Å². The van der Waals surface area contributed by atoms with Gasteiger partial charge in [0, 0.05) is 33.3 Å². The number of anilines is 3. The normalized spacial score (nSPS) is 16.8. The van der Waals surface area contributed by atoms with E-state index in [0.29, 0.717) is 11.8 Å². The van der Waals surface area contributed by atoms with E-state index in [-0.39, 0.29) is 0 Å². The Morgan fingerprint density at radius 2 is 0.857 bits per heavy atom. The number of ether oxygens (including phenoxy) is 1. The summed E-state index contributed by atoms with van der Waals surface area (Å²) in [7, 11) is 0. The molecule has 1 aliphatic heterocycles. The first-order chi connectivity index (χ1) is 38.2. The van der Waals surface area contributed by atoms with E-state index in [1.807, 2.05) is 0 Å². The number of hydrogen-bond donors (Lipinski definition) is 0. The van der Waals surface area contributed by atoms with Gasteiger partial charge >= 0.3 is 0 Å². The summed E-state index contributed by atoms with van der Waals surface area (Å²) in [4.78, 5) is 2.48. The Labute approximate surface area is 451 Å². The molecule has 0 atom stereocenters. The van der Waals surface area contributed by atoms with Gasteiger partial charge in [-0.1, -0.05) is 214 Å². The lowest BCUT2D eigenvalue weighted by Crippen LogP contribution is -2.33. The van der Waals surface area contributed by atoms with Gasteiger partial charge in [-0.3, -0.25) is 0 Å². The summed E-state index contributed by atoms with van der Waals surface area (Å²) < 4.78 is 14.3. The number of rotatable bonds is 7. The summed E-state index contributed by atoms with van der Waals surface area (Å²) in [5.74, 6) is 2.94. The van der Waals surface area contributed by atoms with Crippen LogP contribution in [0.2, 0.25) is 0 Å². The molecular formula is C74H59NO2. The summed E-state index contributed by atoms with van der Waals surface area (Å²) in [6.45, 7) is 0. The lowest BCUT2D eigenvalue weighted by atomic mass is 9.65. The van der Waals surface area contributed by atoms with E-state index in [0.717, 1.165) is 50.5 Å². The predicted molar refractivity (Wildman–Crippen MR) is 315 cm³/mol. The van der Waals surface area contributed by atoms with Gasteiger partial charge in [0.2, 0.25) is 0 Å². The zero-order valence-electron chi connectivity index (χ0n) is 43.4. The molecule has 2 fully saturated rings. The maximum absolute atomic E-state index is 7.23. The van der Waals surface area contributed by atoms with E-state index in [2.05, 4.69) is 229 Å². The highest BCUT2D eigenvalue weighted by Gasteiger charge is 2.52. The highest BCUT2D eigenvalue weighted by Crippen LogP contribution is 2.64. The maximum atomic E-state index is 7.23. The van der Waals surface area contributed by atoms with Crippen molar-refractivity contribution < 1.29 is 9.15 Å². The third kappa shape index (κ3) is 6.56. The fourth-order valence-corrected chi connectivity index (χ4v) is 15.4. The van der Waals surface area contributed by atoms with Crippen molar-refractivity contribution in [3.63, 3.8) is 0 Å². The van der Waals surface area contributed by atoms with Crippen molar-refractivity contribution >= 4 is 39.0 Å². The van der Waals surface area contributed by atoms with Crippen LogP contribution in [0, 0.1) is 0 Å². The summed E-state index contributed by atoms with van der Waals surface area (Å²) in [5, 5.41) is 2.20. The molecule has 3 heteroatoms. The molecule has 5 aliphatic rings. The van der Waals surface area contributed by atoms with Crippen LogP contribution in [0.3, 0.4) is 0 Å². The Balaban J connectivity index is 0.984. The van der Waals surface area contributed by atoms with Gasteiger partial charge in [0.15, 0.2) is 5.58 Å². The molecule has 372 valence electrons. The first-order valence-corrected chi connectivity index (χ1v) is 28.4. The fraction of sp³-hybridized carbons (Fsp3) is 0.189. The molecule has 1 spiro atoms. The van der Waals surface area contributed by atoms with Crippen molar-refractivity contribution in [1.29, 1.82) is 0 Å².